The molecule has 1 aromatic carbocycles. The Morgan fingerprint density at radius 3 is 2.24 bits per heavy atom. The first kappa shape index (κ1) is 13.6. The van der Waals surface area contributed by atoms with Crippen LogP contribution in [0.15, 0.2) is 24.3 Å². The maximum Gasteiger partial charge on any atom is 0.257 e. The predicted octanol–water partition coefficient (Wildman–Crippen LogP) is 2.35. The molecule has 0 radical (unpaired) electrons. The fourth-order valence-electron chi connectivity index (χ4n) is 1.46. The average Bonchev–Trinajstić information content (AvgIpc) is 2.31. The van der Waals surface area contributed by atoms with E-state index in [-0.39, 0.29) is 5.91 Å². The van der Waals surface area contributed by atoms with E-state index in [4.69, 9.17) is 12.2 Å². The molecule has 0 spiro atoms. The van der Waals surface area contributed by atoms with Crippen LogP contribution < -0.4 is 5.32 Å². The summed E-state index contributed by atoms with van der Waals surface area (Å²) in [5.41, 5.74) is 1.76. The molecule has 1 aromatic rings. The van der Waals surface area contributed by atoms with Gasteiger partial charge in [0.1, 0.15) is 0 Å². The van der Waals surface area contributed by atoms with E-state index in [1.807, 2.05) is 37.8 Å². The first-order chi connectivity index (χ1) is 8.08. The first-order valence-electron chi connectivity index (χ1n) is 5.75. The van der Waals surface area contributed by atoms with Crippen molar-refractivity contribution in [3.05, 3.63) is 35.4 Å². The lowest BCUT2D eigenvalue weighted by Crippen LogP contribution is -2.42. The number of aryl methyl sites for hydroxylation is 1. The van der Waals surface area contributed by atoms with Crippen LogP contribution in [0.5, 0.6) is 0 Å². The van der Waals surface area contributed by atoms with Gasteiger partial charge in [-0.15, -0.1) is 0 Å². The number of hydrogen-bond donors (Lipinski definition) is 1. The van der Waals surface area contributed by atoms with Gasteiger partial charge < -0.3 is 4.90 Å². The number of thiocarbonyl (C=S) groups is 1. The van der Waals surface area contributed by atoms with Crippen LogP contribution in [0.3, 0.4) is 0 Å². The van der Waals surface area contributed by atoms with Gasteiger partial charge in [0.05, 0.1) is 0 Å². The smallest absolute Gasteiger partial charge is 0.257 e. The highest BCUT2D eigenvalue weighted by molar-refractivity contribution is 7.80. The molecule has 1 rings (SSSR count). The summed E-state index contributed by atoms with van der Waals surface area (Å²) in [5.74, 6) is -0.151. The largest absolute Gasteiger partial charge is 0.350 e. The zero-order valence-electron chi connectivity index (χ0n) is 10.5. The highest BCUT2D eigenvalue weighted by Crippen LogP contribution is 2.03. The van der Waals surface area contributed by atoms with Gasteiger partial charge in [-0.05, 0) is 45.1 Å². The maximum absolute atomic E-state index is 11.9. The minimum Gasteiger partial charge on any atom is -0.350 e. The fraction of sp³-hybridized carbons (Fsp3) is 0.385. The third kappa shape index (κ3) is 3.82. The molecule has 17 heavy (non-hydrogen) atoms. The van der Waals surface area contributed by atoms with Crippen LogP contribution in [0.4, 0.5) is 0 Å². The molecule has 0 aliphatic rings. The van der Waals surface area contributed by atoms with Crippen LogP contribution in [-0.4, -0.2) is 29.0 Å². The topological polar surface area (TPSA) is 32.3 Å². The van der Waals surface area contributed by atoms with Gasteiger partial charge in [-0.2, -0.15) is 0 Å². The standard InChI is InChI=1S/C13H18N2OS/c1-4-15(5-2)13(17)14-12(16)11-8-6-10(3)7-9-11/h6-9H,4-5H2,1-3H3,(H,14,16,17). The third-order valence-corrected chi connectivity index (χ3v) is 2.95. The van der Waals surface area contributed by atoms with E-state index in [2.05, 4.69) is 5.32 Å². The van der Waals surface area contributed by atoms with Crippen LogP contribution >= 0.6 is 12.2 Å². The van der Waals surface area contributed by atoms with Crippen molar-refractivity contribution >= 4 is 23.2 Å². The van der Waals surface area contributed by atoms with Gasteiger partial charge in [0.2, 0.25) is 0 Å². The van der Waals surface area contributed by atoms with Crippen molar-refractivity contribution in [2.75, 3.05) is 13.1 Å². The quantitative estimate of drug-likeness (QED) is 0.836. The molecule has 0 unspecified atom stereocenters. The summed E-state index contributed by atoms with van der Waals surface area (Å²) in [6.45, 7) is 7.59. The van der Waals surface area contributed by atoms with Crippen molar-refractivity contribution in [3.63, 3.8) is 0 Å². The Morgan fingerprint density at radius 1 is 1.24 bits per heavy atom. The van der Waals surface area contributed by atoms with Crippen molar-refractivity contribution in [3.8, 4) is 0 Å². The van der Waals surface area contributed by atoms with E-state index in [1.165, 1.54) is 0 Å². The minimum atomic E-state index is -0.151. The minimum absolute atomic E-state index is 0.151. The molecule has 3 nitrogen and oxygen atoms in total. The highest BCUT2D eigenvalue weighted by Gasteiger charge is 2.10. The maximum atomic E-state index is 11.9. The normalized spacial score (nSPS) is 9.82. The van der Waals surface area contributed by atoms with Gasteiger partial charge in [-0.3, -0.25) is 10.1 Å². The number of nitrogens with zero attached hydrogens (tertiary/aromatic N) is 1. The van der Waals surface area contributed by atoms with Gasteiger partial charge in [0.15, 0.2) is 5.11 Å². The van der Waals surface area contributed by atoms with Gasteiger partial charge >= 0.3 is 0 Å². The van der Waals surface area contributed by atoms with Crippen LogP contribution in [0.2, 0.25) is 0 Å². The summed E-state index contributed by atoms with van der Waals surface area (Å²) >= 11 is 5.17. The number of hydrogen-bond acceptors (Lipinski definition) is 2. The number of benzene rings is 1. The molecule has 0 aromatic heterocycles. The van der Waals surface area contributed by atoms with Gasteiger partial charge in [0.25, 0.3) is 5.91 Å². The van der Waals surface area contributed by atoms with Gasteiger partial charge in [-0.1, -0.05) is 17.7 Å². The summed E-state index contributed by atoms with van der Waals surface area (Å²) in [6.07, 6.45) is 0. The number of rotatable bonds is 3. The molecule has 92 valence electrons. The van der Waals surface area contributed by atoms with Crippen LogP contribution in [0.25, 0.3) is 0 Å². The predicted molar refractivity (Wildman–Crippen MR) is 74.2 cm³/mol. The Bertz CT molecular complexity index is 396. The number of amides is 1. The van der Waals surface area contributed by atoms with Gasteiger partial charge in [-0.25, -0.2) is 0 Å². The Balaban J connectivity index is 2.66. The van der Waals surface area contributed by atoms with Crippen molar-refractivity contribution in [2.24, 2.45) is 0 Å². The fourth-order valence-corrected chi connectivity index (χ4v) is 1.81. The summed E-state index contributed by atoms with van der Waals surface area (Å²) in [7, 11) is 0. The second-order valence-corrected chi connectivity index (χ2v) is 4.18. The van der Waals surface area contributed by atoms with E-state index in [0.717, 1.165) is 18.7 Å². The molecule has 1 amide bonds. The molecular formula is C13H18N2OS. The summed E-state index contributed by atoms with van der Waals surface area (Å²) in [4.78, 5) is 13.8. The molecule has 0 bridgehead atoms. The molecule has 0 saturated heterocycles. The molecule has 1 N–H and O–H groups in total. The van der Waals surface area contributed by atoms with E-state index in [9.17, 15) is 4.79 Å². The second kappa shape index (κ2) is 6.35. The van der Waals surface area contributed by atoms with Crippen molar-refractivity contribution in [2.45, 2.75) is 20.8 Å². The number of carbonyl (C=O) groups excluding carboxylic acids is 1. The third-order valence-electron chi connectivity index (χ3n) is 2.58. The molecule has 4 heteroatoms. The summed E-state index contributed by atoms with van der Waals surface area (Å²) in [5, 5.41) is 3.22. The lowest BCUT2D eigenvalue weighted by Gasteiger charge is -2.21. The van der Waals surface area contributed by atoms with E-state index in [1.54, 1.807) is 12.1 Å². The Kier molecular flexibility index (Phi) is 5.10. The molecule has 0 heterocycles. The van der Waals surface area contributed by atoms with Crippen LogP contribution in [0.1, 0.15) is 29.8 Å². The van der Waals surface area contributed by atoms with Crippen LogP contribution in [-0.2, 0) is 0 Å². The first-order valence-corrected chi connectivity index (χ1v) is 6.16. The Labute approximate surface area is 108 Å². The van der Waals surface area contributed by atoms with Crippen molar-refractivity contribution in [1.82, 2.24) is 10.2 Å². The van der Waals surface area contributed by atoms with E-state index < -0.39 is 0 Å². The lowest BCUT2D eigenvalue weighted by atomic mass is 10.1. The molecule has 0 fully saturated rings. The monoisotopic (exact) mass is 250 g/mol. The highest BCUT2D eigenvalue weighted by atomic mass is 32.1. The lowest BCUT2D eigenvalue weighted by molar-refractivity contribution is 0.0973. The van der Waals surface area contributed by atoms with Gasteiger partial charge in [0, 0.05) is 18.7 Å². The number of nitrogens with one attached hydrogen (secondary N) is 1. The Hall–Kier alpha value is -1.42. The van der Waals surface area contributed by atoms with E-state index >= 15 is 0 Å². The number of carbonyl (C=O) groups is 1. The molecular weight excluding hydrogens is 232 g/mol. The SMILES string of the molecule is CCN(CC)C(=S)NC(=O)c1ccc(C)cc1. The molecule has 0 aliphatic heterocycles. The molecule has 0 saturated carbocycles. The van der Waals surface area contributed by atoms with Crippen molar-refractivity contribution < 1.29 is 4.79 Å². The molecule has 0 aliphatic carbocycles. The van der Waals surface area contributed by atoms with Crippen molar-refractivity contribution in [1.29, 1.82) is 0 Å². The zero-order valence-corrected chi connectivity index (χ0v) is 11.3. The Morgan fingerprint density at radius 2 is 1.76 bits per heavy atom. The summed E-state index contributed by atoms with van der Waals surface area (Å²) in [6, 6.07) is 7.43. The summed E-state index contributed by atoms with van der Waals surface area (Å²) < 4.78 is 0. The molecule has 0 atom stereocenters. The zero-order chi connectivity index (χ0) is 12.8. The van der Waals surface area contributed by atoms with Crippen LogP contribution in [0, 0.1) is 6.92 Å². The van der Waals surface area contributed by atoms with E-state index in [0.29, 0.717) is 10.7 Å². The average molecular weight is 250 g/mol. The second-order valence-electron chi connectivity index (χ2n) is 3.80.